The molecular formula is C13H19F3N2. The van der Waals surface area contributed by atoms with Gasteiger partial charge in [0, 0.05) is 6.04 Å². The average molecular weight is 260 g/mol. The van der Waals surface area contributed by atoms with Crippen LogP contribution < -0.4 is 11.3 Å². The van der Waals surface area contributed by atoms with Gasteiger partial charge in [0.25, 0.3) is 0 Å². The van der Waals surface area contributed by atoms with E-state index in [9.17, 15) is 13.2 Å². The van der Waals surface area contributed by atoms with Crippen molar-refractivity contribution in [2.24, 2.45) is 11.8 Å². The molecule has 1 aromatic rings. The van der Waals surface area contributed by atoms with E-state index in [1.807, 2.05) is 6.92 Å². The zero-order valence-corrected chi connectivity index (χ0v) is 10.6. The van der Waals surface area contributed by atoms with Crippen LogP contribution in [0.25, 0.3) is 0 Å². The molecule has 1 aromatic carbocycles. The molecule has 102 valence electrons. The topological polar surface area (TPSA) is 38.0 Å². The number of hydrogen-bond donors (Lipinski definition) is 2. The molecule has 0 amide bonds. The summed E-state index contributed by atoms with van der Waals surface area (Å²) in [5, 5.41) is 0. The van der Waals surface area contributed by atoms with Gasteiger partial charge in [-0.15, -0.1) is 0 Å². The summed E-state index contributed by atoms with van der Waals surface area (Å²) in [6.45, 7) is 4.10. The third-order valence-corrected chi connectivity index (χ3v) is 3.15. The molecule has 18 heavy (non-hydrogen) atoms. The highest BCUT2D eigenvalue weighted by Gasteiger charge is 2.31. The van der Waals surface area contributed by atoms with E-state index in [4.69, 9.17) is 5.84 Å². The number of hydrazine groups is 1. The van der Waals surface area contributed by atoms with E-state index in [0.29, 0.717) is 17.9 Å². The Kier molecular flexibility index (Phi) is 5.16. The number of nitrogens with one attached hydrogen (secondary N) is 1. The van der Waals surface area contributed by atoms with Gasteiger partial charge in [0.1, 0.15) is 0 Å². The molecule has 0 heterocycles. The standard InChI is InChI=1S/C13H19F3N2/c1-3-9(2)7-12(18-17)10-5-4-6-11(8-10)13(14,15)16/h4-6,8-9,12,18H,3,7,17H2,1-2H3. The quantitative estimate of drug-likeness (QED) is 0.626. The molecule has 0 aliphatic rings. The highest BCUT2D eigenvalue weighted by molar-refractivity contribution is 5.28. The monoisotopic (exact) mass is 260 g/mol. The first-order valence-electron chi connectivity index (χ1n) is 6.01. The summed E-state index contributed by atoms with van der Waals surface area (Å²) in [4.78, 5) is 0. The van der Waals surface area contributed by atoms with Crippen LogP contribution in [0.5, 0.6) is 0 Å². The van der Waals surface area contributed by atoms with Gasteiger partial charge in [-0.25, -0.2) is 0 Å². The first-order chi connectivity index (χ1) is 8.38. The molecule has 0 aliphatic heterocycles. The Morgan fingerprint density at radius 1 is 1.33 bits per heavy atom. The first kappa shape index (κ1) is 15.0. The molecule has 0 radical (unpaired) electrons. The predicted octanol–water partition coefficient (Wildman–Crippen LogP) is 3.65. The number of nitrogens with two attached hydrogens (primary N) is 1. The van der Waals surface area contributed by atoms with E-state index in [0.717, 1.165) is 18.6 Å². The second-order valence-electron chi connectivity index (χ2n) is 4.59. The molecular weight excluding hydrogens is 241 g/mol. The minimum Gasteiger partial charge on any atom is -0.271 e. The summed E-state index contributed by atoms with van der Waals surface area (Å²) < 4.78 is 37.8. The van der Waals surface area contributed by atoms with E-state index >= 15 is 0 Å². The van der Waals surface area contributed by atoms with Crippen molar-refractivity contribution in [3.63, 3.8) is 0 Å². The molecule has 0 aliphatic carbocycles. The SMILES string of the molecule is CCC(C)CC(NN)c1cccc(C(F)(F)F)c1. The zero-order valence-electron chi connectivity index (χ0n) is 10.6. The molecule has 0 aromatic heterocycles. The second-order valence-corrected chi connectivity index (χ2v) is 4.59. The minimum atomic E-state index is -4.31. The Morgan fingerprint density at radius 2 is 2.00 bits per heavy atom. The van der Waals surface area contributed by atoms with E-state index in [1.165, 1.54) is 6.07 Å². The van der Waals surface area contributed by atoms with E-state index in [-0.39, 0.29) is 6.04 Å². The molecule has 2 atom stereocenters. The lowest BCUT2D eigenvalue weighted by Crippen LogP contribution is -2.29. The number of alkyl halides is 3. The fraction of sp³-hybridized carbons (Fsp3) is 0.538. The van der Waals surface area contributed by atoms with Gasteiger partial charge in [-0.05, 0) is 30.0 Å². The molecule has 2 nitrogen and oxygen atoms in total. The lowest BCUT2D eigenvalue weighted by Gasteiger charge is -2.20. The summed E-state index contributed by atoms with van der Waals surface area (Å²) >= 11 is 0. The normalized spacial score (nSPS) is 15.4. The lowest BCUT2D eigenvalue weighted by molar-refractivity contribution is -0.137. The summed E-state index contributed by atoms with van der Waals surface area (Å²) in [6, 6.07) is 5.07. The highest BCUT2D eigenvalue weighted by Crippen LogP contribution is 2.31. The molecule has 0 saturated carbocycles. The average Bonchev–Trinajstić information content (AvgIpc) is 2.34. The van der Waals surface area contributed by atoms with E-state index in [2.05, 4.69) is 12.3 Å². The fourth-order valence-electron chi connectivity index (χ4n) is 1.80. The maximum atomic E-state index is 12.6. The van der Waals surface area contributed by atoms with Crippen molar-refractivity contribution in [2.45, 2.75) is 38.9 Å². The molecule has 1 rings (SSSR count). The second kappa shape index (κ2) is 6.20. The molecule has 0 fully saturated rings. The van der Waals surface area contributed by atoms with Gasteiger partial charge in [0.15, 0.2) is 0 Å². The van der Waals surface area contributed by atoms with Crippen LogP contribution in [0.4, 0.5) is 13.2 Å². The molecule has 0 saturated heterocycles. The van der Waals surface area contributed by atoms with Crippen molar-refractivity contribution < 1.29 is 13.2 Å². The van der Waals surface area contributed by atoms with Gasteiger partial charge in [0.2, 0.25) is 0 Å². The van der Waals surface area contributed by atoms with Gasteiger partial charge >= 0.3 is 6.18 Å². The minimum absolute atomic E-state index is 0.248. The Morgan fingerprint density at radius 3 is 2.50 bits per heavy atom. The van der Waals surface area contributed by atoms with Gasteiger partial charge in [-0.2, -0.15) is 13.2 Å². The number of halogens is 3. The molecule has 5 heteroatoms. The zero-order chi connectivity index (χ0) is 13.8. The molecule has 0 bridgehead atoms. The Labute approximate surface area is 105 Å². The Bertz CT molecular complexity index is 377. The summed E-state index contributed by atoms with van der Waals surface area (Å²) in [7, 11) is 0. The Hall–Kier alpha value is -1.07. The Balaban J connectivity index is 2.93. The smallest absolute Gasteiger partial charge is 0.271 e. The largest absolute Gasteiger partial charge is 0.416 e. The van der Waals surface area contributed by atoms with Crippen molar-refractivity contribution >= 4 is 0 Å². The predicted molar refractivity (Wildman–Crippen MR) is 65.6 cm³/mol. The van der Waals surface area contributed by atoms with Crippen LogP contribution in [0.3, 0.4) is 0 Å². The van der Waals surface area contributed by atoms with Crippen molar-refractivity contribution in [3.8, 4) is 0 Å². The van der Waals surface area contributed by atoms with Gasteiger partial charge in [0.05, 0.1) is 5.56 Å². The van der Waals surface area contributed by atoms with Crippen molar-refractivity contribution in [3.05, 3.63) is 35.4 Å². The van der Waals surface area contributed by atoms with Crippen LogP contribution in [0.2, 0.25) is 0 Å². The van der Waals surface area contributed by atoms with Crippen LogP contribution in [0.15, 0.2) is 24.3 Å². The maximum absolute atomic E-state index is 12.6. The van der Waals surface area contributed by atoms with Crippen molar-refractivity contribution in [1.29, 1.82) is 0 Å². The first-order valence-corrected chi connectivity index (χ1v) is 6.01. The van der Waals surface area contributed by atoms with Crippen LogP contribution in [-0.4, -0.2) is 0 Å². The maximum Gasteiger partial charge on any atom is 0.416 e. The molecule has 2 unspecified atom stereocenters. The van der Waals surface area contributed by atoms with Gasteiger partial charge in [-0.3, -0.25) is 11.3 Å². The fourth-order valence-corrected chi connectivity index (χ4v) is 1.80. The van der Waals surface area contributed by atoms with Gasteiger partial charge in [-0.1, -0.05) is 32.4 Å². The van der Waals surface area contributed by atoms with Gasteiger partial charge < -0.3 is 0 Å². The molecule has 3 N–H and O–H groups in total. The summed E-state index contributed by atoms with van der Waals surface area (Å²) in [5.74, 6) is 5.84. The van der Waals surface area contributed by atoms with Crippen LogP contribution in [0.1, 0.15) is 43.9 Å². The van der Waals surface area contributed by atoms with E-state index < -0.39 is 11.7 Å². The highest BCUT2D eigenvalue weighted by atomic mass is 19.4. The molecule has 0 spiro atoms. The number of rotatable bonds is 5. The van der Waals surface area contributed by atoms with Crippen LogP contribution >= 0.6 is 0 Å². The number of benzene rings is 1. The lowest BCUT2D eigenvalue weighted by atomic mass is 9.94. The summed E-state index contributed by atoms with van der Waals surface area (Å²) in [5.41, 5.74) is 2.54. The van der Waals surface area contributed by atoms with Crippen molar-refractivity contribution in [1.82, 2.24) is 5.43 Å². The third kappa shape index (κ3) is 3.99. The van der Waals surface area contributed by atoms with Crippen LogP contribution in [-0.2, 0) is 6.18 Å². The van der Waals surface area contributed by atoms with Crippen molar-refractivity contribution in [2.75, 3.05) is 0 Å². The van der Waals surface area contributed by atoms with Crippen LogP contribution in [0, 0.1) is 5.92 Å². The summed E-state index contributed by atoms with van der Waals surface area (Å²) in [6.07, 6.45) is -2.63. The van der Waals surface area contributed by atoms with E-state index in [1.54, 1.807) is 6.07 Å². The number of hydrogen-bond acceptors (Lipinski definition) is 2. The third-order valence-electron chi connectivity index (χ3n) is 3.15.